The summed E-state index contributed by atoms with van der Waals surface area (Å²) in [5.41, 5.74) is 2.64. The van der Waals surface area contributed by atoms with Crippen molar-refractivity contribution in [1.29, 1.82) is 0 Å². The Bertz CT molecular complexity index is 419. The first-order chi connectivity index (χ1) is 8.47. The Kier molecular flexibility index (Phi) is 4.54. The summed E-state index contributed by atoms with van der Waals surface area (Å²) in [5.74, 6) is 0.699. The van der Waals surface area contributed by atoms with Gasteiger partial charge in [-0.15, -0.1) is 0 Å². The average molecular weight is 358 g/mol. The lowest BCUT2D eigenvalue weighted by Crippen LogP contribution is -2.48. The molecular weight excluding hydrogens is 335 g/mol. The number of benzene rings is 1. The van der Waals surface area contributed by atoms with Crippen LogP contribution in [0.25, 0.3) is 0 Å². The minimum absolute atomic E-state index is 0.593. The first-order valence-corrected chi connectivity index (χ1v) is 7.78. The molecule has 2 rings (SSSR count). The van der Waals surface area contributed by atoms with Gasteiger partial charge in [0.2, 0.25) is 0 Å². The first kappa shape index (κ1) is 14.1. The van der Waals surface area contributed by atoms with Crippen molar-refractivity contribution < 1.29 is 0 Å². The molecule has 2 nitrogen and oxygen atoms in total. The van der Waals surface area contributed by atoms with E-state index in [1.54, 1.807) is 0 Å². The Labute approximate surface area is 124 Å². The number of hydrogen-bond acceptors (Lipinski definition) is 2. The minimum Gasteiger partial charge on any atom is -0.382 e. The van der Waals surface area contributed by atoms with E-state index in [2.05, 4.69) is 78.8 Å². The number of piperidine rings is 1. The molecule has 0 saturated carbocycles. The van der Waals surface area contributed by atoms with E-state index in [1.807, 2.05) is 0 Å². The number of likely N-dealkylation sites (tertiary alicyclic amines) is 1. The van der Waals surface area contributed by atoms with Crippen LogP contribution < -0.4 is 5.32 Å². The third kappa shape index (κ3) is 3.18. The van der Waals surface area contributed by atoms with Gasteiger partial charge in [0.15, 0.2) is 0 Å². The molecule has 1 fully saturated rings. The summed E-state index contributed by atoms with van der Waals surface area (Å²) in [7, 11) is 2.23. The molecule has 3 atom stereocenters. The molecule has 1 aromatic rings. The number of nitrogens with zero attached hydrogens (tertiary/aromatic N) is 1. The highest BCUT2D eigenvalue weighted by Gasteiger charge is 2.28. The topological polar surface area (TPSA) is 15.3 Å². The fourth-order valence-corrected chi connectivity index (χ4v) is 3.38. The zero-order valence-corrected chi connectivity index (χ0v) is 13.9. The molecule has 18 heavy (non-hydrogen) atoms. The second-order valence-electron chi connectivity index (χ2n) is 5.71. The van der Waals surface area contributed by atoms with Gasteiger partial charge in [0, 0.05) is 27.9 Å². The van der Waals surface area contributed by atoms with Gasteiger partial charge in [-0.3, -0.25) is 0 Å². The van der Waals surface area contributed by atoms with Crippen LogP contribution in [0.2, 0.25) is 0 Å². The molecule has 0 amide bonds. The zero-order valence-electron chi connectivity index (χ0n) is 11.7. The number of halogens is 1. The fourth-order valence-electron chi connectivity index (χ4n) is 2.73. The van der Waals surface area contributed by atoms with Crippen LogP contribution in [-0.4, -0.2) is 30.6 Å². The number of rotatable bonds is 2. The highest BCUT2D eigenvalue weighted by atomic mass is 127. The molecule has 3 heteroatoms. The lowest BCUT2D eigenvalue weighted by atomic mass is 9.89. The van der Waals surface area contributed by atoms with E-state index >= 15 is 0 Å². The summed E-state index contributed by atoms with van der Waals surface area (Å²) in [4.78, 5) is 2.46. The maximum Gasteiger partial charge on any atom is 0.0372 e. The number of anilines is 1. The molecule has 100 valence electrons. The van der Waals surface area contributed by atoms with Crippen LogP contribution in [0.1, 0.15) is 25.8 Å². The molecule has 0 aromatic heterocycles. The Morgan fingerprint density at radius 1 is 1.33 bits per heavy atom. The Hall–Kier alpha value is -0.290. The molecule has 1 aromatic carbocycles. The molecule has 1 N–H and O–H groups in total. The van der Waals surface area contributed by atoms with Gasteiger partial charge in [-0.1, -0.05) is 6.92 Å². The van der Waals surface area contributed by atoms with Gasteiger partial charge in [0.1, 0.15) is 0 Å². The number of hydrogen-bond donors (Lipinski definition) is 1. The summed E-state index contributed by atoms with van der Waals surface area (Å²) >= 11 is 2.37. The highest BCUT2D eigenvalue weighted by Crippen LogP contribution is 2.26. The first-order valence-electron chi connectivity index (χ1n) is 6.70. The maximum absolute atomic E-state index is 3.75. The maximum atomic E-state index is 3.75. The third-order valence-electron chi connectivity index (χ3n) is 4.14. The van der Waals surface area contributed by atoms with E-state index in [0.29, 0.717) is 18.0 Å². The van der Waals surface area contributed by atoms with Crippen molar-refractivity contribution in [2.45, 2.75) is 39.3 Å². The van der Waals surface area contributed by atoms with Gasteiger partial charge in [-0.25, -0.2) is 0 Å². The predicted molar refractivity (Wildman–Crippen MR) is 87.2 cm³/mol. The molecule has 1 aliphatic heterocycles. The van der Waals surface area contributed by atoms with Gasteiger partial charge >= 0.3 is 0 Å². The average Bonchev–Trinajstić information content (AvgIpc) is 2.29. The molecule has 3 unspecified atom stereocenters. The highest BCUT2D eigenvalue weighted by molar-refractivity contribution is 14.1. The molecule has 1 saturated heterocycles. The third-order valence-corrected chi connectivity index (χ3v) is 4.81. The van der Waals surface area contributed by atoms with Crippen molar-refractivity contribution in [2.24, 2.45) is 5.92 Å². The van der Waals surface area contributed by atoms with Crippen molar-refractivity contribution in [3.8, 4) is 0 Å². The van der Waals surface area contributed by atoms with Crippen LogP contribution in [0.15, 0.2) is 18.2 Å². The van der Waals surface area contributed by atoms with Crippen LogP contribution in [0.4, 0.5) is 5.69 Å². The Balaban J connectivity index is 2.08. The van der Waals surface area contributed by atoms with Crippen LogP contribution in [0.5, 0.6) is 0 Å². The largest absolute Gasteiger partial charge is 0.382 e. The summed E-state index contributed by atoms with van der Waals surface area (Å²) in [6.07, 6.45) is 1.23. The molecule has 1 aliphatic rings. The monoisotopic (exact) mass is 358 g/mol. The Morgan fingerprint density at radius 3 is 2.72 bits per heavy atom. The van der Waals surface area contributed by atoms with Crippen molar-refractivity contribution in [3.05, 3.63) is 27.3 Å². The molecule has 0 bridgehead atoms. The Morgan fingerprint density at radius 2 is 2.06 bits per heavy atom. The molecule has 0 spiro atoms. The summed E-state index contributed by atoms with van der Waals surface area (Å²) in [6.45, 7) is 8.04. The van der Waals surface area contributed by atoms with Gasteiger partial charge in [-0.05, 0) is 79.6 Å². The standard InChI is InChI=1S/C15H23IN2/c1-10-7-13(16)5-6-14(10)17-15-8-12(3)18(4)9-11(15)2/h5-7,11-12,15,17H,8-9H2,1-4H3. The van der Waals surface area contributed by atoms with Crippen molar-refractivity contribution >= 4 is 28.3 Å². The van der Waals surface area contributed by atoms with E-state index in [1.165, 1.54) is 27.8 Å². The molecule has 0 aliphatic carbocycles. The summed E-state index contributed by atoms with van der Waals surface area (Å²) in [5, 5.41) is 3.75. The fraction of sp³-hybridized carbons (Fsp3) is 0.600. The van der Waals surface area contributed by atoms with Crippen LogP contribution in [0.3, 0.4) is 0 Å². The van der Waals surface area contributed by atoms with Crippen molar-refractivity contribution in [3.63, 3.8) is 0 Å². The van der Waals surface area contributed by atoms with E-state index in [-0.39, 0.29) is 0 Å². The van der Waals surface area contributed by atoms with E-state index in [4.69, 9.17) is 0 Å². The summed E-state index contributed by atoms with van der Waals surface area (Å²) in [6, 6.07) is 7.90. The lowest BCUT2D eigenvalue weighted by molar-refractivity contribution is 0.145. The van der Waals surface area contributed by atoms with Gasteiger partial charge in [0.25, 0.3) is 0 Å². The van der Waals surface area contributed by atoms with E-state index in [9.17, 15) is 0 Å². The number of nitrogens with one attached hydrogen (secondary N) is 1. The normalized spacial score (nSPS) is 29.3. The molecular formula is C15H23IN2. The number of aryl methyl sites for hydroxylation is 1. The van der Waals surface area contributed by atoms with E-state index in [0.717, 1.165) is 0 Å². The van der Waals surface area contributed by atoms with Gasteiger partial charge in [0.05, 0.1) is 0 Å². The predicted octanol–water partition coefficient (Wildman–Crippen LogP) is 3.74. The van der Waals surface area contributed by atoms with Crippen molar-refractivity contribution in [2.75, 3.05) is 18.9 Å². The van der Waals surface area contributed by atoms with Crippen molar-refractivity contribution in [1.82, 2.24) is 4.90 Å². The van der Waals surface area contributed by atoms with Gasteiger partial charge in [-0.2, -0.15) is 0 Å². The second kappa shape index (κ2) is 5.78. The van der Waals surface area contributed by atoms with Crippen LogP contribution in [-0.2, 0) is 0 Å². The smallest absolute Gasteiger partial charge is 0.0372 e. The lowest BCUT2D eigenvalue weighted by Gasteiger charge is -2.40. The molecule has 1 heterocycles. The minimum atomic E-state index is 0.593. The summed E-state index contributed by atoms with van der Waals surface area (Å²) < 4.78 is 1.31. The van der Waals surface area contributed by atoms with E-state index < -0.39 is 0 Å². The van der Waals surface area contributed by atoms with Gasteiger partial charge < -0.3 is 10.2 Å². The van der Waals surface area contributed by atoms with Crippen LogP contribution in [0, 0.1) is 16.4 Å². The molecule has 0 radical (unpaired) electrons. The SMILES string of the molecule is Cc1cc(I)ccc1NC1CC(C)N(C)CC1C. The zero-order chi connectivity index (χ0) is 13.3. The quantitative estimate of drug-likeness (QED) is 0.811. The second-order valence-corrected chi connectivity index (χ2v) is 6.96. The van der Waals surface area contributed by atoms with Crippen LogP contribution >= 0.6 is 22.6 Å².